The minimum Gasteiger partial charge on any atom is -0.405 e. The first-order valence-electron chi connectivity index (χ1n) is 16.6. The molecule has 0 aliphatic heterocycles. The average Bonchev–Trinajstić information content (AvgIpc) is 3.68. The van der Waals surface area contributed by atoms with E-state index in [-0.39, 0.29) is 19.3 Å². The number of fused-ring (bicyclic) bond motifs is 6. The van der Waals surface area contributed by atoms with Gasteiger partial charge in [-0.05, 0) is 80.7 Å². The summed E-state index contributed by atoms with van der Waals surface area (Å²) in [6.45, 7) is 8.16. The fraction of sp³-hybridized carbons (Fsp3) is 0.143. The molecule has 8 rings (SSSR count). The molecule has 0 N–H and O–H groups in total. The van der Waals surface area contributed by atoms with Gasteiger partial charge in [-0.25, -0.2) is 0 Å². The monoisotopic (exact) mass is 661 g/mol. The van der Waals surface area contributed by atoms with Gasteiger partial charge in [0, 0.05) is 48.8 Å². The molecular formula is C42H36BNO2S2. The summed E-state index contributed by atoms with van der Waals surface area (Å²) in [5, 5.41) is 5.19. The average molecular weight is 662 g/mol. The standard InChI is InChI=1S/C42H36BNO2S2/c1-27(2)45-43(46-28(3)4)31-23-19-29(20-24-31)30-21-25-32(26-22-30)44(37-15-9-13-35-33-11-5-7-17-39(33)47-41(35)37)38-16-10-14-36-34-12-6-8-18-40(34)48-42(36)38/h5-28H,1-4H3. The molecule has 8 aromatic rings. The van der Waals surface area contributed by atoms with Crippen molar-refractivity contribution < 1.29 is 9.31 Å². The normalized spacial score (nSPS) is 11.9. The van der Waals surface area contributed by atoms with E-state index in [1.54, 1.807) is 0 Å². The summed E-state index contributed by atoms with van der Waals surface area (Å²) in [5.41, 5.74) is 6.85. The van der Waals surface area contributed by atoms with Gasteiger partial charge in [-0.15, -0.1) is 22.7 Å². The van der Waals surface area contributed by atoms with Crippen molar-refractivity contribution in [3.63, 3.8) is 0 Å². The van der Waals surface area contributed by atoms with Crippen LogP contribution < -0.4 is 10.4 Å². The van der Waals surface area contributed by atoms with Gasteiger partial charge in [-0.2, -0.15) is 0 Å². The Labute approximate surface area is 290 Å². The summed E-state index contributed by atoms with van der Waals surface area (Å²) >= 11 is 3.74. The van der Waals surface area contributed by atoms with Gasteiger partial charge in [0.15, 0.2) is 0 Å². The van der Waals surface area contributed by atoms with Gasteiger partial charge in [-0.1, -0.05) is 97.1 Å². The van der Waals surface area contributed by atoms with Crippen LogP contribution in [0, 0.1) is 0 Å². The molecule has 6 aromatic carbocycles. The molecule has 0 fully saturated rings. The molecule has 0 atom stereocenters. The third kappa shape index (κ3) is 5.69. The Morgan fingerprint density at radius 2 is 0.917 bits per heavy atom. The molecular weight excluding hydrogens is 625 g/mol. The first kappa shape index (κ1) is 30.9. The van der Waals surface area contributed by atoms with Crippen LogP contribution in [0.15, 0.2) is 133 Å². The van der Waals surface area contributed by atoms with Crippen LogP contribution in [0.1, 0.15) is 27.7 Å². The Morgan fingerprint density at radius 3 is 1.40 bits per heavy atom. The first-order valence-corrected chi connectivity index (χ1v) is 18.2. The zero-order valence-corrected chi connectivity index (χ0v) is 29.1. The highest BCUT2D eigenvalue weighted by atomic mass is 32.1. The lowest BCUT2D eigenvalue weighted by Gasteiger charge is -2.27. The molecule has 3 nitrogen and oxygen atoms in total. The Kier molecular flexibility index (Phi) is 8.27. The lowest BCUT2D eigenvalue weighted by atomic mass is 9.77. The maximum atomic E-state index is 6.09. The van der Waals surface area contributed by atoms with Crippen molar-refractivity contribution in [3.05, 3.63) is 133 Å². The minimum atomic E-state index is -0.386. The van der Waals surface area contributed by atoms with Crippen molar-refractivity contribution >= 4 is 92.7 Å². The first-order chi connectivity index (χ1) is 23.4. The zero-order chi connectivity index (χ0) is 32.8. The zero-order valence-electron chi connectivity index (χ0n) is 27.5. The van der Waals surface area contributed by atoms with E-state index >= 15 is 0 Å². The molecule has 0 amide bonds. The van der Waals surface area contributed by atoms with Crippen molar-refractivity contribution in [2.24, 2.45) is 0 Å². The van der Waals surface area contributed by atoms with E-state index in [4.69, 9.17) is 9.31 Å². The summed E-state index contributed by atoms with van der Waals surface area (Å²) in [6, 6.07) is 48.5. The van der Waals surface area contributed by atoms with Gasteiger partial charge < -0.3 is 14.2 Å². The van der Waals surface area contributed by atoms with Crippen LogP contribution in [0.2, 0.25) is 0 Å². The van der Waals surface area contributed by atoms with Gasteiger partial charge in [-0.3, -0.25) is 0 Å². The molecule has 236 valence electrons. The number of rotatable bonds is 9. The van der Waals surface area contributed by atoms with Crippen LogP contribution in [-0.4, -0.2) is 19.3 Å². The number of hydrogen-bond donors (Lipinski definition) is 0. The quantitative estimate of drug-likeness (QED) is 0.144. The predicted molar refractivity (Wildman–Crippen MR) is 210 cm³/mol. The third-order valence-corrected chi connectivity index (χ3v) is 11.1. The molecule has 6 heteroatoms. The second-order valence-electron chi connectivity index (χ2n) is 12.7. The van der Waals surface area contributed by atoms with E-state index in [0.717, 1.165) is 22.3 Å². The molecule has 0 saturated carbocycles. The number of thiophene rings is 2. The van der Waals surface area contributed by atoms with Crippen LogP contribution in [0.4, 0.5) is 17.1 Å². The summed E-state index contributed by atoms with van der Waals surface area (Å²) in [6.07, 6.45) is 0.140. The lowest BCUT2D eigenvalue weighted by molar-refractivity contribution is 0.139. The van der Waals surface area contributed by atoms with E-state index in [1.807, 2.05) is 50.4 Å². The molecule has 48 heavy (non-hydrogen) atoms. The Bertz CT molecular complexity index is 2250. The maximum absolute atomic E-state index is 6.09. The predicted octanol–water partition coefficient (Wildman–Crippen LogP) is 12.1. The Hall–Kier alpha value is -4.46. The molecule has 0 saturated heterocycles. The van der Waals surface area contributed by atoms with Crippen molar-refractivity contribution in [2.45, 2.75) is 39.9 Å². The molecule has 0 bridgehead atoms. The highest BCUT2D eigenvalue weighted by Crippen LogP contribution is 2.48. The van der Waals surface area contributed by atoms with Crippen LogP contribution in [0.25, 0.3) is 51.5 Å². The molecule has 2 aromatic heterocycles. The molecule has 0 aliphatic rings. The summed E-state index contributed by atoms with van der Waals surface area (Å²) in [7, 11) is -0.386. The van der Waals surface area contributed by atoms with E-state index in [0.29, 0.717) is 0 Å². The van der Waals surface area contributed by atoms with Crippen LogP contribution in [-0.2, 0) is 9.31 Å². The summed E-state index contributed by atoms with van der Waals surface area (Å²) in [4.78, 5) is 2.46. The fourth-order valence-electron chi connectivity index (χ4n) is 6.54. The fourth-order valence-corrected chi connectivity index (χ4v) is 8.96. The van der Waals surface area contributed by atoms with Gasteiger partial charge in [0.2, 0.25) is 0 Å². The van der Waals surface area contributed by atoms with Crippen LogP contribution in [0.3, 0.4) is 0 Å². The number of nitrogens with zero attached hydrogens (tertiary/aromatic N) is 1. The summed E-state index contributed by atoms with van der Waals surface area (Å²) in [5.74, 6) is 0. The van der Waals surface area contributed by atoms with Crippen LogP contribution in [0.5, 0.6) is 0 Å². The van der Waals surface area contributed by atoms with Crippen LogP contribution >= 0.6 is 22.7 Å². The van der Waals surface area contributed by atoms with E-state index in [2.05, 4.69) is 138 Å². The van der Waals surface area contributed by atoms with E-state index in [9.17, 15) is 0 Å². The largest absolute Gasteiger partial charge is 0.494 e. The highest BCUT2D eigenvalue weighted by Gasteiger charge is 2.25. The lowest BCUT2D eigenvalue weighted by Crippen LogP contribution is -2.40. The second-order valence-corrected chi connectivity index (χ2v) is 14.8. The van der Waals surface area contributed by atoms with Crippen molar-refractivity contribution in [1.29, 1.82) is 0 Å². The molecule has 0 aliphatic carbocycles. The SMILES string of the molecule is CC(C)OB(OC(C)C)c1ccc(-c2ccc(N(c3cccc4c3sc3ccccc34)c3cccc4c3sc3ccccc34)cc2)cc1. The van der Waals surface area contributed by atoms with Gasteiger partial charge in [0.25, 0.3) is 0 Å². The van der Waals surface area contributed by atoms with E-state index in [1.165, 1.54) is 51.7 Å². The summed E-state index contributed by atoms with van der Waals surface area (Å²) < 4.78 is 17.4. The van der Waals surface area contributed by atoms with E-state index < -0.39 is 0 Å². The van der Waals surface area contributed by atoms with Gasteiger partial charge in [0.05, 0.1) is 20.8 Å². The Balaban J connectivity index is 1.24. The maximum Gasteiger partial charge on any atom is 0.494 e. The molecule has 0 spiro atoms. The molecule has 0 unspecified atom stereocenters. The van der Waals surface area contributed by atoms with Gasteiger partial charge >= 0.3 is 7.12 Å². The molecule has 0 radical (unpaired) electrons. The van der Waals surface area contributed by atoms with Gasteiger partial charge in [0.1, 0.15) is 0 Å². The number of benzene rings is 6. The smallest absolute Gasteiger partial charge is 0.405 e. The van der Waals surface area contributed by atoms with Crippen molar-refractivity contribution in [1.82, 2.24) is 0 Å². The topological polar surface area (TPSA) is 21.7 Å². The second kappa shape index (κ2) is 12.9. The van der Waals surface area contributed by atoms with Crippen molar-refractivity contribution in [3.8, 4) is 11.1 Å². The van der Waals surface area contributed by atoms with Crippen molar-refractivity contribution in [2.75, 3.05) is 4.90 Å². The third-order valence-electron chi connectivity index (χ3n) is 8.68. The minimum absolute atomic E-state index is 0.0701. The number of anilines is 3. The molecule has 2 heterocycles. The number of hydrogen-bond acceptors (Lipinski definition) is 5. The Morgan fingerprint density at radius 1 is 0.479 bits per heavy atom. The highest BCUT2D eigenvalue weighted by molar-refractivity contribution is 7.27.